The molecule has 1 heterocycles. The highest BCUT2D eigenvalue weighted by molar-refractivity contribution is 7.09. The Balaban J connectivity index is 0.00000156. The number of amides is 1. The van der Waals surface area contributed by atoms with Gasteiger partial charge in [0.05, 0.1) is 17.1 Å². The van der Waals surface area contributed by atoms with Gasteiger partial charge in [-0.3, -0.25) is 4.79 Å². The van der Waals surface area contributed by atoms with E-state index >= 15 is 0 Å². The van der Waals surface area contributed by atoms with Crippen molar-refractivity contribution < 1.29 is 9.18 Å². The Hall–Kier alpha value is -1.21. The lowest BCUT2D eigenvalue weighted by Gasteiger charge is -2.10. The summed E-state index contributed by atoms with van der Waals surface area (Å²) in [5.41, 5.74) is 7.74. The molecule has 3 rings (SSSR count). The molecule has 1 amide bonds. The van der Waals surface area contributed by atoms with Crippen LogP contribution in [-0.2, 0) is 17.6 Å². The Morgan fingerprint density at radius 3 is 2.64 bits per heavy atom. The molecule has 2 aromatic rings. The Labute approximate surface area is 163 Å². The predicted octanol–water partition coefficient (Wildman–Crippen LogP) is 3.11. The summed E-state index contributed by atoms with van der Waals surface area (Å²) in [7, 11) is 0. The zero-order chi connectivity index (χ0) is 16.2. The molecule has 1 fully saturated rings. The van der Waals surface area contributed by atoms with Crippen LogP contribution in [0.5, 0.6) is 0 Å². The average Bonchev–Trinajstić information content (AvgIpc) is 3.30. The summed E-state index contributed by atoms with van der Waals surface area (Å²) in [6, 6.07) is 6.47. The highest BCUT2D eigenvalue weighted by Gasteiger charge is 2.28. The van der Waals surface area contributed by atoms with Crippen molar-refractivity contribution in [2.75, 3.05) is 6.54 Å². The zero-order valence-corrected chi connectivity index (χ0v) is 16.1. The van der Waals surface area contributed by atoms with E-state index in [4.69, 9.17) is 5.73 Å². The molecule has 0 radical (unpaired) electrons. The van der Waals surface area contributed by atoms with E-state index in [9.17, 15) is 9.18 Å². The second kappa shape index (κ2) is 10.1. The smallest absolute Gasteiger partial charge is 0.226 e. The maximum absolute atomic E-state index is 12.9. The minimum Gasteiger partial charge on any atom is -0.354 e. The largest absolute Gasteiger partial charge is 0.354 e. The standard InChI is InChI=1S/C17H20FN3OS.2ClH/c18-13-5-1-11(2-6-13)7-17-21-14(10-23-17)8-16(22)20-9-15(19)12-3-4-12;;/h1-2,5-6,10,12,15H,3-4,7-9,19H2,(H,20,22);2*1H. The van der Waals surface area contributed by atoms with Crippen LogP contribution in [0, 0.1) is 11.7 Å². The molecule has 1 aliphatic carbocycles. The molecular formula is C17H22Cl2FN3OS. The van der Waals surface area contributed by atoms with Crippen molar-refractivity contribution in [1.82, 2.24) is 10.3 Å². The summed E-state index contributed by atoms with van der Waals surface area (Å²) in [5, 5.41) is 5.70. The van der Waals surface area contributed by atoms with Gasteiger partial charge in [0.2, 0.25) is 5.91 Å². The molecule has 1 aromatic carbocycles. The fraction of sp³-hybridized carbons (Fsp3) is 0.412. The molecule has 1 aromatic heterocycles. The maximum atomic E-state index is 12.9. The minimum atomic E-state index is -0.241. The number of benzene rings is 1. The van der Waals surface area contributed by atoms with Gasteiger partial charge >= 0.3 is 0 Å². The van der Waals surface area contributed by atoms with Crippen LogP contribution in [0.3, 0.4) is 0 Å². The first-order valence-electron chi connectivity index (χ1n) is 7.80. The molecule has 0 bridgehead atoms. The SMILES string of the molecule is Cl.Cl.NC(CNC(=O)Cc1csc(Cc2ccc(F)cc2)n1)C1CC1. The molecule has 4 nitrogen and oxygen atoms in total. The molecule has 8 heteroatoms. The average molecular weight is 406 g/mol. The molecule has 0 saturated heterocycles. The molecule has 3 N–H and O–H groups in total. The predicted molar refractivity (Wildman–Crippen MR) is 103 cm³/mol. The number of halogens is 3. The fourth-order valence-electron chi connectivity index (χ4n) is 2.44. The summed E-state index contributed by atoms with van der Waals surface area (Å²) >= 11 is 1.52. The molecule has 1 aliphatic rings. The number of hydrogen-bond acceptors (Lipinski definition) is 4. The first kappa shape index (κ1) is 21.8. The molecule has 138 valence electrons. The highest BCUT2D eigenvalue weighted by Crippen LogP contribution is 2.31. The van der Waals surface area contributed by atoms with E-state index in [1.165, 1.54) is 36.3 Å². The first-order chi connectivity index (χ1) is 11.1. The van der Waals surface area contributed by atoms with E-state index in [0.717, 1.165) is 16.3 Å². The van der Waals surface area contributed by atoms with Gasteiger partial charge in [-0.25, -0.2) is 9.37 Å². The number of rotatable bonds is 7. The van der Waals surface area contributed by atoms with Gasteiger partial charge in [-0.2, -0.15) is 0 Å². The number of aromatic nitrogens is 1. The Bertz CT molecular complexity index is 677. The van der Waals surface area contributed by atoms with E-state index in [2.05, 4.69) is 10.3 Å². The van der Waals surface area contributed by atoms with Gasteiger partial charge in [-0.05, 0) is 36.5 Å². The molecular weight excluding hydrogens is 384 g/mol. The van der Waals surface area contributed by atoms with Gasteiger partial charge in [0.25, 0.3) is 0 Å². The van der Waals surface area contributed by atoms with Crippen molar-refractivity contribution in [3.8, 4) is 0 Å². The van der Waals surface area contributed by atoms with E-state index in [-0.39, 0.29) is 49.0 Å². The van der Waals surface area contributed by atoms with Crippen molar-refractivity contribution in [3.63, 3.8) is 0 Å². The third-order valence-corrected chi connectivity index (χ3v) is 4.87. The number of thiazole rings is 1. The van der Waals surface area contributed by atoms with E-state index in [1.807, 2.05) is 5.38 Å². The van der Waals surface area contributed by atoms with Crippen LogP contribution in [0.1, 0.15) is 29.1 Å². The van der Waals surface area contributed by atoms with Gasteiger partial charge in [0.1, 0.15) is 5.82 Å². The maximum Gasteiger partial charge on any atom is 0.226 e. The zero-order valence-electron chi connectivity index (χ0n) is 13.6. The number of nitrogens with one attached hydrogen (secondary N) is 1. The molecule has 0 aliphatic heterocycles. The summed E-state index contributed by atoms with van der Waals surface area (Å²) in [5.74, 6) is 0.297. The van der Waals surface area contributed by atoms with Crippen molar-refractivity contribution in [3.05, 3.63) is 51.7 Å². The van der Waals surface area contributed by atoms with E-state index < -0.39 is 0 Å². The van der Waals surface area contributed by atoms with Crippen LogP contribution >= 0.6 is 36.2 Å². The molecule has 0 spiro atoms. The van der Waals surface area contributed by atoms with Crippen molar-refractivity contribution in [2.45, 2.75) is 31.7 Å². The summed E-state index contributed by atoms with van der Waals surface area (Å²) < 4.78 is 12.9. The number of carbonyl (C=O) groups excluding carboxylic acids is 1. The summed E-state index contributed by atoms with van der Waals surface area (Å²) in [4.78, 5) is 16.4. The fourth-order valence-corrected chi connectivity index (χ4v) is 3.27. The number of nitrogens with zero attached hydrogens (tertiary/aromatic N) is 1. The van der Waals surface area contributed by atoms with Gasteiger partial charge in [0, 0.05) is 24.4 Å². The third kappa shape index (κ3) is 6.90. The van der Waals surface area contributed by atoms with Gasteiger partial charge < -0.3 is 11.1 Å². The molecule has 1 atom stereocenters. The van der Waals surface area contributed by atoms with Crippen LogP contribution in [0.4, 0.5) is 4.39 Å². The van der Waals surface area contributed by atoms with Crippen molar-refractivity contribution in [1.29, 1.82) is 0 Å². The van der Waals surface area contributed by atoms with E-state index in [0.29, 0.717) is 18.9 Å². The second-order valence-corrected chi connectivity index (χ2v) is 6.96. The third-order valence-electron chi connectivity index (χ3n) is 3.97. The van der Waals surface area contributed by atoms with Crippen LogP contribution in [0.25, 0.3) is 0 Å². The topological polar surface area (TPSA) is 68.0 Å². The van der Waals surface area contributed by atoms with Crippen molar-refractivity contribution >= 4 is 42.1 Å². The molecule has 25 heavy (non-hydrogen) atoms. The quantitative estimate of drug-likeness (QED) is 0.743. The van der Waals surface area contributed by atoms with Gasteiger partial charge in [0.15, 0.2) is 0 Å². The minimum absolute atomic E-state index is 0. The van der Waals surface area contributed by atoms with Crippen LogP contribution in [-0.4, -0.2) is 23.5 Å². The van der Waals surface area contributed by atoms with Gasteiger partial charge in [-0.1, -0.05) is 12.1 Å². The van der Waals surface area contributed by atoms with Gasteiger partial charge in [-0.15, -0.1) is 36.2 Å². The molecule has 1 saturated carbocycles. The number of nitrogens with two attached hydrogens (primary N) is 1. The van der Waals surface area contributed by atoms with Crippen LogP contribution in [0.2, 0.25) is 0 Å². The lowest BCUT2D eigenvalue weighted by atomic mass is 10.1. The summed E-state index contributed by atoms with van der Waals surface area (Å²) in [6.07, 6.45) is 3.28. The summed E-state index contributed by atoms with van der Waals surface area (Å²) in [6.45, 7) is 0.538. The van der Waals surface area contributed by atoms with Crippen molar-refractivity contribution in [2.24, 2.45) is 11.7 Å². The Morgan fingerprint density at radius 1 is 1.32 bits per heavy atom. The lowest BCUT2D eigenvalue weighted by Crippen LogP contribution is -2.39. The van der Waals surface area contributed by atoms with E-state index in [1.54, 1.807) is 12.1 Å². The normalized spacial score (nSPS) is 14.2. The molecule has 1 unspecified atom stereocenters. The lowest BCUT2D eigenvalue weighted by molar-refractivity contribution is -0.120. The second-order valence-electron chi connectivity index (χ2n) is 6.02. The van der Waals surface area contributed by atoms with Crippen LogP contribution in [0.15, 0.2) is 29.6 Å². The first-order valence-corrected chi connectivity index (χ1v) is 8.68. The van der Waals surface area contributed by atoms with Crippen LogP contribution < -0.4 is 11.1 Å². The number of carbonyl (C=O) groups is 1. The Kier molecular flexibility index (Phi) is 8.79. The number of hydrogen-bond donors (Lipinski definition) is 2. The Morgan fingerprint density at radius 2 is 2.00 bits per heavy atom. The highest BCUT2D eigenvalue weighted by atomic mass is 35.5. The monoisotopic (exact) mass is 405 g/mol.